The van der Waals surface area contributed by atoms with Gasteiger partial charge in [0.05, 0.1) is 10.6 Å². The van der Waals surface area contributed by atoms with E-state index in [-0.39, 0.29) is 23.4 Å². The van der Waals surface area contributed by atoms with E-state index in [9.17, 15) is 18.0 Å². The van der Waals surface area contributed by atoms with E-state index in [0.717, 1.165) is 26.6 Å². The maximum Gasteiger partial charge on any atom is 0.264 e. The fraction of sp³-hybridized carbons (Fsp3) is 0.355. The molecular weight excluding hydrogens is 510 g/mol. The molecule has 0 spiro atoms. The summed E-state index contributed by atoms with van der Waals surface area (Å²) in [5, 5.41) is 2.92. The van der Waals surface area contributed by atoms with E-state index in [4.69, 9.17) is 0 Å². The summed E-state index contributed by atoms with van der Waals surface area (Å²) in [6.07, 6.45) is 0.380. The lowest BCUT2D eigenvalue weighted by molar-refractivity contribution is -0.140. The highest BCUT2D eigenvalue weighted by atomic mass is 32.2. The minimum absolute atomic E-state index is 0.0902. The van der Waals surface area contributed by atoms with Crippen molar-refractivity contribution in [2.75, 3.05) is 10.8 Å². The summed E-state index contributed by atoms with van der Waals surface area (Å²) < 4.78 is 29.0. The van der Waals surface area contributed by atoms with Gasteiger partial charge in [0, 0.05) is 12.6 Å². The molecule has 1 N–H and O–H groups in total. The number of nitrogens with zero attached hydrogens (tertiary/aromatic N) is 2. The number of nitrogens with one attached hydrogen (secondary N) is 1. The summed E-state index contributed by atoms with van der Waals surface area (Å²) in [5.41, 5.74) is 4.08. The number of rotatable bonds is 11. The van der Waals surface area contributed by atoms with Gasteiger partial charge in [0.25, 0.3) is 10.0 Å². The van der Waals surface area contributed by atoms with Gasteiger partial charge in [-0.3, -0.25) is 13.9 Å². The SMILES string of the molecule is CC[C@@H](C(=O)NC(C)C)N(Cc1ccc(C)cc1)C(=O)CN(c1ccc(C)cc1C)S(=O)(=O)c1ccccc1. The summed E-state index contributed by atoms with van der Waals surface area (Å²) in [5.74, 6) is -0.724. The van der Waals surface area contributed by atoms with Crippen LogP contribution in [-0.4, -0.2) is 43.8 Å². The van der Waals surface area contributed by atoms with Crippen LogP contribution in [0.3, 0.4) is 0 Å². The van der Waals surface area contributed by atoms with E-state index in [1.165, 1.54) is 17.0 Å². The van der Waals surface area contributed by atoms with Gasteiger partial charge in [-0.15, -0.1) is 0 Å². The third kappa shape index (κ3) is 7.47. The Hall–Kier alpha value is -3.65. The Balaban J connectivity index is 2.08. The molecule has 0 aliphatic carbocycles. The summed E-state index contributed by atoms with van der Waals surface area (Å²) in [4.78, 5) is 28.9. The average Bonchev–Trinajstić information content (AvgIpc) is 2.88. The van der Waals surface area contributed by atoms with Crippen LogP contribution in [0.25, 0.3) is 0 Å². The van der Waals surface area contributed by atoms with Crippen LogP contribution in [0.5, 0.6) is 0 Å². The quantitative estimate of drug-likeness (QED) is 0.359. The zero-order chi connectivity index (χ0) is 28.7. The van der Waals surface area contributed by atoms with Gasteiger partial charge >= 0.3 is 0 Å². The van der Waals surface area contributed by atoms with E-state index in [1.807, 2.05) is 77.9 Å². The Bertz CT molecular complexity index is 1390. The molecule has 39 heavy (non-hydrogen) atoms. The number of carbonyl (C=O) groups excluding carboxylic acids is 2. The predicted molar refractivity (Wildman–Crippen MR) is 156 cm³/mol. The van der Waals surface area contributed by atoms with Gasteiger partial charge in [0.15, 0.2) is 0 Å². The second kappa shape index (κ2) is 12.9. The summed E-state index contributed by atoms with van der Waals surface area (Å²) >= 11 is 0. The molecule has 0 saturated heterocycles. The molecule has 8 heteroatoms. The minimum Gasteiger partial charge on any atom is -0.352 e. The van der Waals surface area contributed by atoms with Crippen LogP contribution in [0.1, 0.15) is 49.4 Å². The van der Waals surface area contributed by atoms with Crippen molar-refractivity contribution in [3.05, 3.63) is 95.1 Å². The molecule has 3 aromatic carbocycles. The molecule has 0 saturated carbocycles. The largest absolute Gasteiger partial charge is 0.352 e. The van der Waals surface area contributed by atoms with Gasteiger partial charge in [0.2, 0.25) is 11.8 Å². The minimum atomic E-state index is -4.08. The Morgan fingerprint density at radius 3 is 2.05 bits per heavy atom. The van der Waals surface area contributed by atoms with Crippen molar-refractivity contribution >= 4 is 27.5 Å². The number of anilines is 1. The number of carbonyl (C=O) groups is 2. The standard InChI is InChI=1S/C31H39N3O4S/c1-7-28(31(36)32-22(2)3)33(20-26-16-13-23(4)14-17-26)30(35)21-34(29-18-15-24(5)19-25(29)6)39(37,38)27-11-9-8-10-12-27/h8-19,22,28H,7,20-21H2,1-6H3,(H,32,36)/t28-/m0/s1. The molecule has 3 rings (SSSR count). The molecule has 1 atom stereocenters. The van der Waals surface area contributed by atoms with Gasteiger partial charge in [-0.1, -0.05) is 72.6 Å². The van der Waals surface area contributed by atoms with Crippen LogP contribution in [0.4, 0.5) is 5.69 Å². The zero-order valence-electron chi connectivity index (χ0n) is 23.6. The molecular formula is C31H39N3O4S. The van der Waals surface area contributed by atoms with Crippen molar-refractivity contribution in [3.8, 4) is 0 Å². The van der Waals surface area contributed by atoms with E-state index in [0.29, 0.717) is 12.1 Å². The van der Waals surface area contributed by atoms with E-state index >= 15 is 0 Å². The fourth-order valence-electron chi connectivity index (χ4n) is 4.51. The number of hydrogen-bond acceptors (Lipinski definition) is 4. The Kier molecular flexibility index (Phi) is 9.92. The third-order valence-electron chi connectivity index (χ3n) is 6.52. The molecule has 0 heterocycles. The molecule has 0 aromatic heterocycles. The number of sulfonamides is 1. The lowest BCUT2D eigenvalue weighted by Gasteiger charge is -2.34. The molecule has 0 radical (unpaired) electrons. The zero-order valence-corrected chi connectivity index (χ0v) is 24.5. The van der Waals surface area contributed by atoms with Crippen LogP contribution in [0.2, 0.25) is 0 Å². The number of hydrogen-bond donors (Lipinski definition) is 1. The molecule has 208 valence electrons. The average molecular weight is 550 g/mol. The lowest BCUT2D eigenvalue weighted by atomic mass is 10.1. The highest BCUT2D eigenvalue weighted by Crippen LogP contribution is 2.28. The van der Waals surface area contributed by atoms with Gasteiger partial charge in [-0.2, -0.15) is 0 Å². The maximum atomic E-state index is 14.1. The van der Waals surface area contributed by atoms with Crippen molar-refractivity contribution in [2.24, 2.45) is 0 Å². The van der Waals surface area contributed by atoms with Crippen molar-refractivity contribution in [1.82, 2.24) is 10.2 Å². The monoisotopic (exact) mass is 549 g/mol. The Morgan fingerprint density at radius 1 is 0.872 bits per heavy atom. The van der Waals surface area contributed by atoms with Crippen molar-refractivity contribution in [1.29, 1.82) is 0 Å². The smallest absolute Gasteiger partial charge is 0.264 e. The summed E-state index contributed by atoms with van der Waals surface area (Å²) in [7, 11) is -4.08. The van der Waals surface area contributed by atoms with Crippen molar-refractivity contribution in [2.45, 2.75) is 71.5 Å². The van der Waals surface area contributed by atoms with E-state index < -0.39 is 28.5 Å². The molecule has 7 nitrogen and oxygen atoms in total. The van der Waals surface area contributed by atoms with Gasteiger partial charge in [-0.05, 0) is 70.4 Å². The van der Waals surface area contributed by atoms with Crippen molar-refractivity contribution < 1.29 is 18.0 Å². The van der Waals surface area contributed by atoms with E-state index in [2.05, 4.69) is 5.32 Å². The molecule has 3 aromatic rings. The summed E-state index contributed by atoms with van der Waals surface area (Å²) in [6, 6.07) is 20.4. The van der Waals surface area contributed by atoms with Gasteiger partial charge < -0.3 is 10.2 Å². The fourth-order valence-corrected chi connectivity index (χ4v) is 6.01. The van der Waals surface area contributed by atoms with E-state index in [1.54, 1.807) is 24.3 Å². The van der Waals surface area contributed by atoms with Crippen molar-refractivity contribution in [3.63, 3.8) is 0 Å². The molecule has 0 fully saturated rings. The number of aryl methyl sites for hydroxylation is 3. The normalized spacial score (nSPS) is 12.2. The number of benzene rings is 3. The Labute approximate surface area is 232 Å². The second-order valence-corrected chi connectivity index (χ2v) is 12.1. The molecule has 0 unspecified atom stereocenters. The highest BCUT2D eigenvalue weighted by Gasteiger charge is 2.34. The highest BCUT2D eigenvalue weighted by molar-refractivity contribution is 7.92. The van der Waals surface area contributed by atoms with Crippen LogP contribution in [0, 0.1) is 20.8 Å². The molecule has 0 bridgehead atoms. The molecule has 0 aliphatic heterocycles. The van der Waals surface area contributed by atoms with Crippen LogP contribution < -0.4 is 9.62 Å². The first-order valence-corrected chi connectivity index (χ1v) is 14.7. The van der Waals surface area contributed by atoms with Crippen LogP contribution >= 0.6 is 0 Å². The molecule has 2 amide bonds. The van der Waals surface area contributed by atoms with Gasteiger partial charge in [-0.25, -0.2) is 8.42 Å². The first-order valence-electron chi connectivity index (χ1n) is 13.2. The predicted octanol–water partition coefficient (Wildman–Crippen LogP) is 5.14. The maximum absolute atomic E-state index is 14.1. The Morgan fingerprint density at radius 2 is 1.49 bits per heavy atom. The van der Waals surface area contributed by atoms with Gasteiger partial charge in [0.1, 0.15) is 12.6 Å². The first kappa shape index (κ1) is 29.9. The number of amides is 2. The summed E-state index contributed by atoms with van der Waals surface area (Å²) in [6.45, 7) is 11.1. The molecule has 0 aliphatic rings. The first-order chi connectivity index (χ1) is 18.4. The third-order valence-corrected chi connectivity index (χ3v) is 8.30. The van der Waals surface area contributed by atoms with Crippen LogP contribution in [0.15, 0.2) is 77.7 Å². The second-order valence-electron chi connectivity index (χ2n) is 10.2. The lowest BCUT2D eigenvalue weighted by Crippen LogP contribution is -2.53. The topological polar surface area (TPSA) is 86.8 Å². The van der Waals surface area contributed by atoms with Crippen LogP contribution in [-0.2, 0) is 26.2 Å².